The standard InChI is InChI=1S/C15H28O8/c1-6-12(9(18)10(19)13(22-6)15(2,3)4)23-14-11(20)8(17)7(16)5-21-14/h6-14,16-20H,5H2,1-4H3/t6-,7?,8?,9?,10?,11?,12?,13-,14+/m1/s1. The van der Waals surface area contributed by atoms with Crippen LogP contribution >= 0.6 is 0 Å². The van der Waals surface area contributed by atoms with Crippen LogP contribution in [-0.4, -0.2) is 87.3 Å². The van der Waals surface area contributed by atoms with Gasteiger partial charge in [-0.25, -0.2) is 0 Å². The van der Waals surface area contributed by atoms with Crippen LogP contribution in [0.1, 0.15) is 27.7 Å². The van der Waals surface area contributed by atoms with E-state index in [1.807, 2.05) is 20.8 Å². The Morgan fingerprint density at radius 2 is 1.52 bits per heavy atom. The number of ether oxygens (including phenoxy) is 3. The maximum atomic E-state index is 10.4. The lowest BCUT2D eigenvalue weighted by atomic mass is 9.80. The normalized spacial score (nSPS) is 49.2. The maximum Gasteiger partial charge on any atom is 0.186 e. The maximum absolute atomic E-state index is 10.4. The highest BCUT2D eigenvalue weighted by Crippen LogP contribution is 2.34. The van der Waals surface area contributed by atoms with E-state index in [1.54, 1.807) is 6.92 Å². The van der Waals surface area contributed by atoms with Gasteiger partial charge >= 0.3 is 0 Å². The van der Waals surface area contributed by atoms with Crippen molar-refractivity contribution in [1.29, 1.82) is 0 Å². The lowest BCUT2D eigenvalue weighted by Gasteiger charge is -2.47. The van der Waals surface area contributed by atoms with Gasteiger partial charge in [0.2, 0.25) is 0 Å². The fraction of sp³-hybridized carbons (Fsp3) is 1.00. The van der Waals surface area contributed by atoms with Gasteiger partial charge in [-0.3, -0.25) is 0 Å². The van der Waals surface area contributed by atoms with Gasteiger partial charge in [-0.05, 0) is 12.3 Å². The van der Waals surface area contributed by atoms with Gasteiger partial charge in [-0.15, -0.1) is 0 Å². The third-order valence-electron chi connectivity index (χ3n) is 4.42. The van der Waals surface area contributed by atoms with Crippen LogP contribution in [0.4, 0.5) is 0 Å². The minimum atomic E-state index is -1.46. The van der Waals surface area contributed by atoms with Crippen molar-refractivity contribution in [3.63, 3.8) is 0 Å². The molecule has 2 fully saturated rings. The SMILES string of the molecule is C[C@H]1O[C@@H](C(C)(C)C)C(O)C(O)C1O[C@@H]1OCC(O)C(O)C1O. The van der Waals surface area contributed by atoms with Gasteiger partial charge < -0.3 is 39.7 Å². The number of aliphatic hydroxyl groups is 5. The Morgan fingerprint density at radius 1 is 0.913 bits per heavy atom. The molecule has 0 radical (unpaired) electrons. The quantitative estimate of drug-likeness (QED) is 0.406. The van der Waals surface area contributed by atoms with Crippen molar-refractivity contribution in [1.82, 2.24) is 0 Å². The van der Waals surface area contributed by atoms with Crippen LogP contribution in [-0.2, 0) is 14.2 Å². The van der Waals surface area contributed by atoms with Gasteiger partial charge in [-0.1, -0.05) is 20.8 Å². The van der Waals surface area contributed by atoms with Gasteiger partial charge in [0.15, 0.2) is 6.29 Å². The summed E-state index contributed by atoms with van der Waals surface area (Å²) in [4.78, 5) is 0. The van der Waals surface area contributed by atoms with Crippen LogP contribution in [0.25, 0.3) is 0 Å². The predicted molar refractivity (Wildman–Crippen MR) is 78.4 cm³/mol. The molecular formula is C15H28O8. The molecule has 0 aromatic carbocycles. The first-order valence-electron chi connectivity index (χ1n) is 7.87. The Hall–Kier alpha value is -0.320. The first-order chi connectivity index (χ1) is 10.5. The largest absolute Gasteiger partial charge is 0.388 e. The van der Waals surface area contributed by atoms with Crippen LogP contribution in [0.15, 0.2) is 0 Å². The monoisotopic (exact) mass is 336 g/mol. The molecule has 2 saturated heterocycles. The fourth-order valence-electron chi connectivity index (χ4n) is 3.00. The Bertz CT molecular complexity index is 397. The third kappa shape index (κ3) is 3.85. The molecule has 23 heavy (non-hydrogen) atoms. The summed E-state index contributed by atoms with van der Waals surface area (Å²) >= 11 is 0. The van der Waals surface area contributed by atoms with Gasteiger partial charge in [0.1, 0.15) is 36.6 Å². The van der Waals surface area contributed by atoms with E-state index in [9.17, 15) is 25.5 Å². The molecule has 0 bridgehead atoms. The van der Waals surface area contributed by atoms with Crippen molar-refractivity contribution in [2.45, 2.75) is 82.8 Å². The van der Waals surface area contributed by atoms with Crippen molar-refractivity contribution < 1.29 is 39.7 Å². The molecule has 0 spiro atoms. The summed E-state index contributed by atoms with van der Waals surface area (Å²) < 4.78 is 16.5. The average Bonchev–Trinajstić information content (AvgIpc) is 2.46. The van der Waals surface area contributed by atoms with Crippen molar-refractivity contribution in [3.05, 3.63) is 0 Å². The Morgan fingerprint density at radius 3 is 2.09 bits per heavy atom. The average molecular weight is 336 g/mol. The van der Waals surface area contributed by atoms with E-state index in [4.69, 9.17) is 14.2 Å². The van der Waals surface area contributed by atoms with E-state index >= 15 is 0 Å². The van der Waals surface area contributed by atoms with Gasteiger partial charge in [0, 0.05) is 0 Å². The zero-order chi connectivity index (χ0) is 17.5. The summed E-state index contributed by atoms with van der Waals surface area (Å²) in [6.07, 6.45) is -9.76. The van der Waals surface area contributed by atoms with E-state index in [1.165, 1.54) is 0 Å². The molecule has 9 atom stereocenters. The van der Waals surface area contributed by atoms with E-state index in [2.05, 4.69) is 0 Å². The predicted octanol–water partition coefficient (Wildman–Crippen LogP) is -1.63. The zero-order valence-corrected chi connectivity index (χ0v) is 13.9. The molecule has 0 aromatic heterocycles. The molecule has 136 valence electrons. The van der Waals surface area contributed by atoms with Crippen LogP contribution < -0.4 is 0 Å². The molecule has 8 nitrogen and oxygen atoms in total. The molecular weight excluding hydrogens is 308 g/mol. The van der Waals surface area contributed by atoms with Crippen molar-refractivity contribution >= 4 is 0 Å². The second-order valence-corrected chi connectivity index (χ2v) is 7.46. The topological polar surface area (TPSA) is 129 Å². The fourth-order valence-corrected chi connectivity index (χ4v) is 3.00. The second kappa shape index (κ2) is 6.89. The van der Waals surface area contributed by atoms with Crippen molar-refractivity contribution in [2.75, 3.05) is 6.61 Å². The molecule has 0 aromatic rings. The minimum absolute atomic E-state index is 0.200. The lowest BCUT2D eigenvalue weighted by molar-refractivity contribution is -0.325. The summed E-state index contributed by atoms with van der Waals surface area (Å²) in [6, 6.07) is 0. The zero-order valence-electron chi connectivity index (χ0n) is 13.9. The van der Waals surface area contributed by atoms with E-state index < -0.39 is 55.1 Å². The minimum Gasteiger partial charge on any atom is -0.388 e. The Labute approximate surface area is 135 Å². The van der Waals surface area contributed by atoms with E-state index in [0.717, 1.165) is 0 Å². The van der Waals surface area contributed by atoms with Crippen LogP contribution in [0.3, 0.4) is 0 Å². The third-order valence-corrected chi connectivity index (χ3v) is 4.42. The summed E-state index contributed by atoms with van der Waals surface area (Å²) in [5.74, 6) is 0. The highest BCUT2D eigenvalue weighted by molar-refractivity contribution is 4.96. The summed E-state index contributed by atoms with van der Waals surface area (Å²) in [7, 11) is 0. The van der Waals surface area contributed by atoms with Gasteiger partial charge in [0.25, 0.3) is 0 Å². The van der Waals surface area contributed by atoms with Crippen LogP contribution in [0.5, 0.6) is 0 Å². The van der Waals surface area contributed by atoms with Crippen LogP contribution in [0.2, 0.25) is 0 Å². The van der Waals surface area contributed by atoms with Crippen LogP contribution in [0, 0.1) is 5.41 Å². The first-order valence-corrected chi connectivity index (χ1v) is 7.87. The molecule has 0 aliphatic carbocycles. The summed E-state index contributed by atoms with van der Waals surface area (Å²) in [5.41, 5.74) is -0.374. The molecule has 5 N–H and O–H groups in total. The Balaban J connectivity index is 2.06. The Kier molecular flexibility index (Phi) is 5.70. The van der Waals surface area contributed by atoms with E-state index in [0.29, 0.717) is 0 Å². The molecule has 2 rings (SSSR count). The summed E-state index contributed by atoms with van der Waals surface area (Å²) in [5, 5.41) is 49.7. The van der Waals surface area contributed by atoms with Gasteiger partial charge in [-0.2, -0.15) is 0 Å². The van der Waals surface area contributed by atoms with Gasteiger partial charge in [0.05, 0.1) is 18.8 Å². The highest BCUT2D eigenvalue weighted by Gasteiger charge is 2.49. The molecule has 2 aliphatic heterocycles. The summed E-state index contributed by atoms with van der Waals surface area (Å²) in [6.45, 7) is 7.18. The molecule has 6 unspecified atom stereocenters. The molecule has 2 aliphatic rings. The second-order valence-electron chi connectivity index (χ2n) is 7.46. The number of hydrogen-bond acceptors (Lipinski definition) is 8. The van der Waals surface area contributed by atoms with Crippen molar-refractivity contribution in [2.24, 2.45) is 5.41 Å². The number of hydrogen-bond donors (Lipinski definition) is 5. The smallest absolute Gasteiger partial charge is 0.186 e. The lowest BCUT2D eigenvalue weighted by Crippen LogP contribution is -2.63. The molecule has 2 heterocycles. The molecule has 0 amide bonds. The molecule has 0 saturated carbocycles. The number of rotatable bonds is 2. The molecule has 8 heteroatoms. The van der Waals surface area contributed by atoms with Crippen molar-refractivity contribution in [3.8, 4) is 0 Å². The first kappa shape index (κ1) is 19.0. The van der Waals surface area contributed by atoms with E-state index in [-0.39, 0.29) is 12.0 Å². The highest BCUT2D eigenvalue weighted by atomic mass is 16.7. The number of aliphatic hydroxyl groups excluding tert-OH is 5.